The SMILES string of the molecule is COc1ccc2nc(F)c(F)cc2c1. The molecule has 2 nitrogen and oxygen atoms in total. The minimum Gasteiger partial charge on any atom is -0.497 e. The number of pyridine rings is 1. The van der Waals surface area contributed by atoms with Crippen LogP contribution in [0.5, 0.6) is 5.75 Å². The predicted molar refractivity (Wildman–Crippen MR) is 48.2 cm³/mol. The minimum atomic E-state index is -1.08. The smallest absolute Gasteiger partial charge is 0.249 e. The summed E-state index contributed by atoms with van der Waals surface area (Å²) in [7, 11) is 1.51. The molecule has 14 heavy (non-hydrogen) atoms. The first-order valence-electron chi connectivity index (χ1n) is 4.00. The summed E-state index contributed by atoms with van der Waals surface area (Å²) < 4.78 is 30.5. The molecule has 2 rings (SSSR count). The second-order valence-electron chi connectivity index (χ2n) is 2.82. The van der Waals surface area contributed by atoms with Gasteiger partial charge in [0.25, 0.3) is 0 Å². The van der Waals surface area contributed by atoms with E-state index in [0.717, 1.165) is 6.07 Å². The Morgan fingerprint density at radius 3 is 2.71 bits per heavy atom. The van der Waals surface area contributed by atoms with Crippen LogP contribution in [-0.2, 0) is 0 Å². The highest BCUT2D eigenvalue weighted by atomic mass is 19.2. The number of hydrogen-bond donors (Lipinski definition) is 0. The van der Waals surface area contributed by atoms with Crippen LogP contribution < -0.4 is 4.74 Å². The van der Waals surface area contributed by atoms with E-state index in [2.05, 4.69) is 4.98 Å². The van der Waals surface area contributed by atoms with Crippen molar-refractivity contribution in [1.82, 2.24) is 4.98 Å². The zero-order valence-corrected chi connectivity index (χ0v) is 7.42. The highest BCUT2D eigenvalue weighted by molar-refractivity contribution is 5.79. The Bertz CT molecular complexity index is 485. The fourth-order valence-electron chi connectivity index (χ4n) is 1.23. The standard InChI is InChI=1S/C10H7F2NO/c1-14-7-2-3-9-6(4-7)5-8(11)10(12)13-9/h2-5H,1H3. The van der Waals surface area contributed by atoms with Crippen molar-refractivity contribution < 1.29 is 13.5 Å². The molecule has 2 aromatic rings. The molecule has 4 heteroatoms. The van der Waals surface area contributed by atoms with E-state index in [1.807, 2.05) is 0 Å². The monoisotopic (exact) mass is 195 g/mol. The number of hydrogen-bond acceptors (Lipinski definition) is 2. The van der Waals surface area contributed by atoms with Crippen molar-refractivity contribution in [3.8, 4) is 5.75 Å². The Morgan fingerprint density at radius 1 is 1.21 bits per heavy atom. The molecule has 0 amide bonds. The third-order valence-electron chi connectivity index (χ3n) is 1.93. The molecule has 1 aromatic carbocycles. The fraction of sp³-hybridized carbons (Fsp3) is 0.100. The Balaban J connectivity index is 2.70. The third-order valence-corrected chi connectivity index (χ3v) is 1.93. The van der Waals surface area contributed by atoms with Crippen molar-refractivity contribution in [1.29, 1.82) is 0 Å². The van der Waals surface area contributed by atoms with Crippen LogP contribution in [0, 0.1) is 11.8 Å². The van der Waals surface area contributed by atoms with E-state index in [4.69, 9.17) is 4.74 Å². The van der Waals surface area contributed by atoms with Crippen molar-refractivity contribution in [2.75, 3.05) is 7.11 Å². The molecule has 0 fully saturated rings. The normalized spacial score (nSPS) is 10.5. The molecule has 0 spiro atoms. The summed E-state index contributed by atoms with van der Waals surface area (Å²) in [5.74, 6) is -1.45. The number of benzene rings is 1. The highest BCUT2D eigenvalue weighted by Crippen LogP contribution is 2.20. The number of methoxy groups -OCH3 is 1. The summed E-state index contributed by atoms with van der Waals surface area (Å²) in [6, 6.07) is 5.93. The first-order valence-corrected chi connectivity index (χ1v) is 4.00. The van der Waals surface area contributed by atoms with Crippen molar-refractivity contribution in [3.63, 3.8) is 0 Å². The van der Waals surface area contributed by atoms with Gasteiger partial charge < -0.3 is 4.74 Å². The lowest BCUT2D eigenvalue weighted by Gasteiger charge is -2.02. The van der Waals surface area contributed by atoms with Crippen LogP contribution in [0.3, 0.4) is 0 Å². The van der Waals surface area contributed by atoms with E-state index in [-0.39, 0.29) is 0 Å². The molecule has 0 saturated carbocycles. The molecular weight excluding hydrogens is 188 g/mol. The zero-order valence-electron chi connectivity index (χ0n) is 7.42. The average molecular weight is 195 g/mol. The molecule has 0 radical (unpaired) electrons. The second-order valence-corrected chi connectivity index (χ2v) is 2.82. The number of rotatable bonds is 1. The van der Waals surface area contributed by atoms with Crippen LogP contribution in [0.15, 0.2) is 24.3 Å². The van der Waals surface area contributed by atoms with Gasteiger partial charge in [0.2, 0.25) is 5.95 Å². The highest BCUT2D eigenvalue weighted by Gasteiger charge is 2.05. The molecule has 0 unspecified atom stereocenters. The van der Waals surface area contributed by atoms with Gasteiger partial charge in [-0.3, -0.25) is 0 Å². The van der Waals surface area contributed by atoms with Crippen LogP contribution in [0.4, 0.5) is 8.78 Å². The molecule has 0 saturated heterocycles. The van der Waals surface area contributed by atoms with Gasteiger partial charge in [0.1, 0.15) is 5.75 Å². The number of nitrogens with zero attached hydrogens (tertiary/aromatic N) is 1. The van der Waals surface area contributed by atoms with Gasteiger partial charge in [-0.25, -0.2) is 9.37 Å². The van der Waals surface area contributed by atoms with E-state index >= 15 is 0 Å². The molecule has 1 heterocycles. The van der Waals surface area contributed by atoms with Crippen LogP contribution in [0.1, 0.15) is 0 Å². The van der Waals surface area contributed by atoms with Crippen molar-refractivity contribution in [3.05, 3.63) is 36.0 Å². The quantitative estimate of drug-likeness (QED) is 0.652. The molecule has 0 aliphatic rings. The molecule has 0 atom stereocenters. The van der Waals surface area contributed by atoms with Crippen molar-refractivity contribution in [2.24, 2.45) is 0 Å². The lowest BCUT2D eigenvalue weighted by molar-refractivity contribution is 0.415. The van der Waals surface area contributed by atoms with E-state index < -0.39 is 11.8 Å². The zero-order chi connectivity index (χ0) is 10.1. The van der Waals surface area contributed by atoms with Crippen LogP contribution in [0.25, 0.3) is 10.9 Å². The van der Waals surface area contributed by atoms with Gasteiger partial charge in [0, 0.05) is 5.39 Å². The average Bonchev–Trinajstić information content (AvgIpc) is 2.19. The first-order chi connectivity index (χ1) is 6.70. The molecule has 0 aliphatic heterocycles. The van der Waals surface area contributed by atoms with E-state index in [1.165, 1.54) is 7.11 Å². The molecule has 0 N–H and O–H groups in total. The van der Waals surface area contributed by atoms with Gasteiger partial charge in [0.15, 0.2) is 5.82 Å². The summed E-state index contributed by atoms with van der Waals surface area (Å²) in [6.07, 6.45) is 0. The summed E-state index contributed by atoms with van der Waals surface area (Å²) in [5.41, 5.74) is 0.407. The van der Waals surface area contributed by atoms with Gasteiger partial charge in [-0.2, -0.15) is 4.39 Å². The molecular formula is C10H7F2NO. The van der Waals surface area contributed by atoms with Gasteiger partial charge in [0.05, 0.1) is 12.6 Å². The van der Waals surface area contributed by atoms with Gasteiger partial charge in [-0.1, -0.05) is 0 Å². The fourth-order valence-corrected chi connectivity index (χ4v) is 1.23. The van der Waals surface area contributed by atoms with E-state index in [1.54, 1.807) is 18.2 Å². The minimum absolute atomic E-state index is 0.407. The Morgan fingerprint density at radius 2 is 2.00 bits per heavy atom. The van der Waals surface area contributed by atoms with Crippen molar-refractivity contribution >= 4 is 10.9 Å². The molecule has 1 aromatic heterocycles. The lowest BCUT2D eigenvalue weighted by Crippen LogP contribution is -1.91. The number of aromatic nitrogens is 1. The second kappa shape index (κ2) is 3.21. The Labute approximate surface area is 79.1 Å². The van der Waals surface area contributed by atoms with Gasteiger partial charge >= 0.3 is 0 Å². The maximum Gasteiger partial charge on any atom is 0.249 e. The van der Waals surface area contributed by atoms with Gasteiger partial charge in [-0.15, -0.1) is 0 Å². The van der Waals surface area contributed by atoms with Crippen LogP contribution >= 0.6 is 0 Å². The van der Waals surface area contributed by atoms with E-state index in [9.17, 15) is 8.78 Å². The molecule has 0 bridgehead atoms. The van der Waals surface area contributed by atoms with E-state index in [0.29, 0.717) is 16.7 Å². The molecule has 72 valence electrons. The van der Waals surface area contributed by atoms with Crippen LogP contribution in [0.2, 0.25) is 0 Å². The maximum atomic E-state index is 12.8. The Kier molecular flexibility index (Phi) is 2.04. The van der Waals surface area contributed by atoms with Gasteiger partial charge in [-0.05, 0) is 24.3 Å². The topological polar surface area (TPSA) is 22.1 Å². The summed E-state index contributed by atoms with van der Waals surface area (Å²) in [6.45, 7) is 0. The third kappa shape index (κ3) is 1.39. The largest absolute Gasteiger partial charge is 0.497 e. The number of ether oxygens (including phenoxy) is 1. The summed E-state index contributed by atoms with van der Waals surface area (Å²) in [4.78, 5) is 3.45. The maximum absolute atomic E-state index is 12.8. The Hall–Kier alpha value is -1.71. The number of halogens is 2. The van der Waals surface area contributed by atoms with Crippen LogP contribution in [-0.4, -0.2) is 12.1 Å². The lowest BCUT2D eigenvalue weighted by atomic mass is 10.2. The first kappa shape index (κ1) is 8.87. The number of fused-ring (bicyclic) bond motifs is 1. The molecule has 0 aliphatic carbocycles. The summed E-state index contributed by atoms with van der Waals surface area (Å²) in [5, 5.41) is 0.517. The summed E-state index contributed by atoms with van der Waals surface area (Å²) >= 11 is 0. The predicted octanol–water partition coefficient (Wildman–Crippen LogP) is 2.52. The van der Waals surface area contributed by atoms with Crippen molar-refractivity contribution in [2.45, 2.75) is 0 Å².